The molecule has 0 saturated carbocycles. The Labute approximate surface area is 105 Å². The summed E-state index contributed by atoms with van der Waals surface area (Å²) in [6.07, 6.45) is 1.33. The molecule has 6 heteroatoms. The molecule has 2 heterocycles. The van der Waals surface area contributed by atoms with Crippen LogP contribution >= 0.6 is 11.8 Å². The van der Waals surface area contributed by atoms with Crippen LogP contribution < -0.4 is 0 Å². The number of imide groups is 1. The van der Waals surface area contributed by atoms with E-state index >= 15 is 0 Å². The van der Waals surface area contributed by atoms with Crippen molar-refractivity contribution in [2.45, 2.75) is 5.25 Å². The van der Waals surface area contributed by atoms with E-state index < -0.39 is 11.2 Å². The van der Waals surface area contributed by atoms with Crippen molar-refractivity contribution in [2.75, 3.05) is 7.05 Å². The summed E-state index contributed by atoms with van der Waals surface area (Å²) in [5.41, 5.74) is 0. The van der Waals surface area contributed by atoms with Crippen LogP contribution in [0.2, 0.25) is 0 Å². The fourth-order valence-electron chi connectivity index (χ4n) is 1.40. The van der Waals surface area contributed by atoms with Crippen LogP contribution in [0.15, 0.2) is 0 Å². The SMILES string of the molecule is CN1C(=O)C2[CH-]C(=O)SC2C1=O.[Y]. The van der Waals surface area contributed by atoms with Crippen LogP contribution in [-0.2, 0) is 47.1 Å². The zero-order valence-electron chi connectivity index (χ0n) is 6.89. The number of likely N-dealkylation sites (tertiary alicyclic amines) is 1. The Hall–Kier alpha value is 0.134. The monoisotopic (exact) mass is 273 g/mol. The van der Waals surface area contributed by atoms with E-state index in [0.717, 1.165) is 16.7 Å². The number of rotatable bonds is 0. The van der Waals surface area contributed by atoms with Crippen LogP contribution in [0.25, 0.3) is 0 Å². The summed E-state index contributed by atoms with van der Waals surface area (Å²) in [6, 6.07) is 0. The number of nitrogens with zero attached hydrogens (tertiary/aromatic N) is 1. The topological polar surface area (TPSA) is 54.5 Å². The summed E-state index contributed by atoms with van der Waals surface area (Å²) in [5, 5.41) is -0.644. The van der Waals surface area contributed by atoms with E-state index in [4.69, 9.17) is 0 Å². The van der Waals surface area contributed by atoms with E-state index in [1.165, 1.54) is 13.5 Å². The first-order valence-electron chi connectivity index (χ1n) is 3.48. The molecule has 0 aromatic heterocycles. The van der Waals surface area contributed by atoms with Gasteiger partial charge in [-0.15, -0.1) is 11.8 Å². The van der Waals surface area contributed by atoms with Gasteiger partial charge in [-0.1, -0.05) is 0 Å². The van der Waals surface area contributed by atoms with Crippen molar-refractivity contribution in [1.82, 2.24) is 4.90 Å². The second kappa shape index (κ2) is 3.71. The fourth-order valence-corrected chi connectivity index (χ4v) is 2.48. The third-order valence-corrected chi connectivity index (χ3v) is 3.19. The predicted octanol–water partition coefficient (Wildman–Crippen LogP) is -0.555. The molecule has 0 aliphatic carbocycles. The summed E-state index contributed by atoms with van der Waals surface area (Å²) >= 11 is 0.945. The molecule has 2 saturated heterocycles. The van der Waals surface area contributed by atoms with Gasteiger partial charge in [0.25, 0.3) is 0 Å². The summed E-state index contributed by atoms with van der Waals surface area (Å²) in [5.74, 6) is -1.01. The molecule has 0 spiro atoms. The van der Waals surface area contributed by atoms with E-state index in [0.29, 0.717) is 0 Å². The van der Waals surface area contributed by atoms with Gasteiger partial charge in [0.2, 0.25) is 11.8 Å². The number of fused-ring (bicyclic) bond motifs is 1. The third kappa shape index (κ3) is 1.57. The number of carbonyl (C=O) groups is 3. The van der Waals surface area contributed by atoms with Crippen LogP contribution in [0.4, 0.5) is 0 Å². The van der Waals surface area contributed by atoms with Crippen molar-refractivity contribution in [1.29, 1.82) is 0 Å². The van der Waals surface area contributed by atoms with Crippen molar-refractivity contribution in [3.8, 4) is 0 Å². The molecule has 0 bridgehead atoms. The molecule has 13 heavy (non-hydrogen) atoms. The Morgan fingerprint density at radius 1 is 1.31 bits per heavy atom. The van der Waals surface area contributed by atoms with Gasteiger partial charge in [-0.3, -0.25) is 14.5 Å². The second-order valence-electron chi connectivity index (χ2n) is 2.79. The summed E-state index contributed by atoms with van der Waals surface area (Å²) < 4.78 is 0. The molecule has 4 nitrogen and oxygen atoms in total. The molecule has 2 amide bonds. The smallest absolute Gasteiger partial charge is 0.240 e. The van der Waals surface area contributed by atoms with Crippen molar-refractivity contribution >= 4 is 28.7 Å². The zero-order chi connectivity index (χ0) is 8.88. The van der Waals surface area contributed by atoms with Gasteiger partial charge in [-0.25, -0.2) is 0 Å². The molecular weight excluding hydrogens is 267 g/mol. The molecule has 0 N–H and O–H groups in total. The Bertz CT molecular complexity index is 267. The average Bonchev–Trinajstić information content (AvgIpc) is 2.49. The van der Waals surface area contributed by atoms with Gasteiger partial charge >= 0.3 is 0 Å². The van der Waals surface area contributed by atoms with Gasteiger partial charge in [-0.2, -0.15) is 0 Å². The fraction of sp³-hybridized carbons (Fsp3) is 0.429. The van der Waals surface area contributed by atoms with Crippen LogP contribution in [0.1, 0.15) is 0 Å². The minimum atomic E-state index is -0.500. The van der Waals surface area contributed by atoms with E-state index in [2.05, 4.69) is 0 Å². The van der Waals surface area contributed by atoms with Crippen LogP contribution in [0.5, 0.6) is 0 Å². The maximum atomic E-state index is 11.3. The maximum absolute atomic E-state index is 11.3. The molecule has 2 fully saturated rings. The van der Waals surface area contributed by atoms with E-state index in [1.807, 2.05) is 0 Å². The van der Waals surface area contributed by atoms with Crippen LogP contribution in [0, 0.1) is 12.3 Å². The molecule has 0 aromatic carbocycles. The molecule has 2 atom stereocenters. The average molecular weight is 273 g/mol. The molecular formula is C7H6NO3SY-. The molecule has 2 rings (SSSR count). The van der Waals surface area contributed by atoms with Crippen molar-refractivity contribution in [3.05, 3.63) is 6.42 Å². The predicted molar refractivity (Wildman–Crippen MR) is 42.0 cm³/mol. The molecule has 2 aliphatic rings. The zero-order valence-corrected chi connectivity index (χ0v) is 10.5. The number of hydrogen-bond acceptors (Lipinski definition) is 4. The largest absolute Gasteiger partial charge is 0.322 e. The summed E-state index contributed by atoms with van der Waals surface area (Å²) in [4.78, 5) is 34.4. The quantitative estimate of drug-likeness (QED) is 0.439. The first-order chi connectivity index (χ1) is 5.61. The van der Waals surface area contributed by atoms with Crippen molar-refractivity contribution in [2.24, 2.45) is 5.92 Å². The van der Waals surface area contributed by atoms with Gasteiger partial charge < -0.3 is 11.2 Å². The minimum Gasteiger partial charge on any atom is -0.322 e. The number of hydrogen-bond donors (Lipinski definition) is 0. The van der Waals surface area contributed by atoms with Crippen molar-refractivity contribution in [3.63, 3.8) is 0 Å². The third-order valence-electron chi connectivity index (χ3n) is 2.07. The first kappa shape index (κ1) is 11.2. The van der Waals surface area contributed by atoms with Gasteiger partial charge in [0.15, 0.2) is 0 Å². The first-order valence-corrected chi connectivity index (χ1v) is 4.36. The molecule has 67 valence electrons. The standard InChI is InChI=1S/C7H6NO3S.Y/c1-8-6(10)3-2-4(9)12-5(3)7(8)11;/h2-3,5H,1H3;/q-1;. The van der Waals surface area contributed by atoms with Gasteiger partial charge in [0.1, 0.15) is 0 Å². The van der Waals surface area contributed by atoms with Gasteiger partial charge in [0.05, 0.1) is 10.4 Å². The van der Waals surface area contributed by atoms with E-state index in [9.17, 15) is 14.4 Å². The van der Waals surface area contributed by atoms with Crippen LogP contribution in [-0.4, -0.2) is 34.1 Å². The number of carbonyl (C=O) groups excluding carboxylic acids is 3. The number of thioether (sulfide) groups is 1. The Balaban J connectivity index is 0.000000845. The summed E-state index contributed by atoms with van der Waals surface area (Å²) in [6.45, 7) is 0. The van der Waals surface area contributed by atoms with Crippen molar-refractivity contribution < 1.29 is 47.1 Å². The minimum absolute atomic E-state index is 0. The Kier molecular flexibility index (Phi) is 3.20. The molecule has 0 aromatic rings. The van der Waals surface area contributed by atoms with E-state index in [1.54, 1.807) is 0 Å². The molecule has 1 radical (unpaired) electrons. The maximum Gasteiger partial charge on any atom is 0.240 e. The normalized spacial score (nSPS) is 31.5. The molecule has 2 aliphatic heterocycles. The second-order valence-corrected chi connectivity index (χ2v) is 3.93. The Morgan fingerprint density at radius 3 is 2.46 bits per heavy atom. The van der Waals surface area contributed by atoms with Gasteiger partial charge in [-0.05, 0) is 5.92 Å². The number of amides is 2. The molecule has 2 unspecified atom stereocenters. The van der Waals surface area contributed by atoms with Gasteiger partial charge in [0, 0.05) is 39.8 Å². The summed E-state index contributed by atoms with van der Waals surface area (Å²) in [7, 11) is 1.45. The van der Waals surface area contributed by atoms with E-state index in [-0.39, 0.29) is 49.6 Å². The van der Waals surface area contributed by atoms with Crippen LogP contribution in [0.3, 0.4) is 0 Å². The Morgan fingerprint density at radius 2 is 1.92 bits per heavy atom.